The Morgan fingerprint density at radius 3 is 0.872 bits per heavy atom. The molecule has 43 heteroatoms. The maximum absolute atomic E-state index is 13.2. The summed E-state index contributed by atoms with van der Waals surface area (Å²) in [6.45, 7) is 30.5. The topological polar surface area (TPSA) is 528 Å². The van der Waals surface area contributed by atoms with Gasteiger partial charge in [-0.15, -0.1) is 0 Å². The van der Waals surface area contributed by atoms with Crippen molar-refractivity contribution in [2.75, 3.05) is 65.4 Å². The van der Waals surface area contributed by atoms with Crippen LogP contribution in [0.4, 0.5) is 22.8 Å². The van der Waals surface area contributed by atoms with Gasteiger partial charge in [-0.05, 0) is 186 Å². The third-order valence-corrected chi connectivity index (χ3v) is 26.8. The Morgan fingerprint density at radius 2 is 0.655 bits per heavy atom. The van der Waals surface area contributed by atoms with Crippen LogP contribution in [0.15, 0.2) is 152 Å². The molecule has 15 atom stereocenters. The molecule has 5 spiro atoms. The number of halogens is 4. The SMILES string of the molecule is CC(=O)Cl.CC(=O)N1CCCC12CN([C@H](C(=O)NCc1ccccc1)[C@@H](C)O)C2=O.CC(C)C(=O)N1CCCC12CN([C@H](C(=O)NCc1ccccc1)[C@@H](C)O)C2=O.C[C@@H](O)[C@@H](C(=O)NCc1ccccc1)N1CC2(CCCN2)C1=O.C[C@@H](O)[C@@H](C(=O)NCc1ccccc1)N1CC2(CCCN2C(=O)OC(C)(C)C)C1=O.C[C@@H](O)[C@@H](C(=O)O)N1CC2(CCCN2C(=O)OC(C)(C)C)C1=O.NCc1ccccc1.O=CC(F)(F)F. The molecule has 39 nitrogen and oxygen atoms in total. The molecular formula is C105H145ClF3N15O24. The number of hydrogen-bond donors (Lipinski definition) is 12. The number of carboxylic acids is 1. The average molecular weight is 2090 g/mol. The lowest BCUT2D eigenvalue weighted by Crippen LogP contribution is -2.77. The summed E-state index contributed by atoms with van der Waals surface area (Å²) >= 11 is 4.64. The summed E-state index contributed by atoms with van der Waals surface area (Å²) in [7, 11) is 0. The maximum Gasteiger partial charge on any atom is 0.446 e. The highest BCUT2D eigenvalue weighted by molar-refractivity contribution is 6.62. The summed E-state index contributed by atoms with van der Waals surface area (Å²) < 4.78 is 42.1. The molecule has 10 heterocycles. The molecule has 5 aromatic rings. The highest BCUT2D eigenvalue weighted by Gasteiger charge is 2.67. The molecule has 812 valence electrons. The number of rotatable bonds is 25. The predicted octanol–water partition coefficient (Wildman–Crippen LogP) is 5.96. The summed E-state index contributed by atoms with van der Waals surface area (Å²) in [4.78, 5) is 206. The summed E-state index contributed by atoms with van der Waals surface area (Å²) in [6.07, 6.45) is -5.02. The molecule has 0 aliphatic carbocycles. The summed E-state index contributed by atoms with van der Waals surface area (Å²) in [5.74, 6) is -4.42. The van der Waals surface area contributed by atoms with Crippen molar-refractivity contribution in [3.05, 3.63) is 179 Å². The summed E-state index contributed by atoms with van der Waals surface area (Å²) in [5.41, 5.74) is 4.84. The van der Waals surface area contributed by atoms with E-state index in [0.29, 0.717) is 117 Å². The first-order chi connectivity index (χ1) is 69.4. The van der Waals surface area contributed by atoms with Crippen LogP contribution in [0, 0.1) is 5.92 Å². The Bertz CT molecular complexity index is 5390. The van der Waals surface area contributed by atoms with Gasteiger partial charge in [-0.2, -0.15) is 13.2 Å². The van der Waals surface area contributed by atoms with Gasteiger partial charge in [-0.3, -0.25) is 72.1 Å². The van der Waals surface area contributed by atoms with E-state index in [9.17, 15) is 116 Å². The Labute approximate surface area is 865 Å². The zero-order chi connectivity index (χ0) is 110. The number of ether oxygens (including phenoxy) is 2. The van der Waals surface area contributed by atoms with E-state index in [4.69, 9.17) is 20.0 Å². The predicted molar refractivity (Wildman–Crippen MR) is 537 cm³/mol. The van der Waals surface area contributed by atoms with E-state index in [-0.39, 0.29) is 77.4 Å². The van der Waals surface area contributed by atoms with Gasteiger partial charge in [-0.25, -0.2) is 14.4 Å². The van der Waals surface area contributed by atoms with Crippen molar-refractivity contribution in [1.29, 1.82) is 0 Å². The van der Waals surface area contributed by atoms with E-state index in [1.165, 1.54) is 76.5 Å². The number of aldehydes is 1. The number of carboxylic acid groups (broad SMARTS) is 1. The quantitative estimate of drug-likeness (QED) is 0.0182. The number of nitrogens with one attached hydrogen (secondary N) is 5. The van der Waals surface area contributed by atoms with Crippen LogP contribution in [0.1, 0.15) is 196 Å². The van der Waals surface area contributed by atoms with E-state index < -0.39 is 142 Å². The van der Waals surface area contributed by atoms with Gasteiger partial charge in [0.05, 0.1) is 56.7 Å². The van der Waals surface area contributed by atoms with Crippen molar-refractivity contribution < 1.29 is 130 Å². The first-order valence-corrected chi connectivity index (χ1v) is 50.1. The van der Waals surface area contributed by atoms with Gasteiger partial charge >= 0.3 is 24.3 Å². The standard InChI is InChI=1S/C22H31N3O5.C21H29N3O4.C19H25N3O4.C17H23N3O3.C15H24N2O6.C7H9N.C2H3ClO.C2HF3O/c1-15(26)17(18(27)23-13-16-9-6-5-7-10-16)24-14-22(19(24)28)11-8-12-25(22)20(29)30-21(2,3)4;1-14(2)19(27)24-11-7-10-21(24)13-23(20(21)28)17(15(3)25)18(26)22-12-16-8-5-4-6-9-16;1-13(23)16(17(25)20-11-15-7-4-3-5-8-15)21-12-19(18(21)26)9-6-10-22(19)14(2)24;1-12(21)14(15(22)18-10-13-6-3-2-4-7-13)20-11-17(16(20)23)8-5-9-19-17;1-9(18)10(11(19)20)16-8-15(12(16)21)6-5-7-17(15)13(22)23-14(2,3)4;8-6-7-4-2-1-3-5-7;1-2(3)4;3-2(4,5)1-6/h5-7,9-10,15,17,26H,8,11-14H2,1-4H3,(H,23,27);4-6,8-9,14-15,17,25H,7,10-13H2,1-3H3,(H,22,26);3-5,7-8,13,16,23H,6,9-12H2,1-2H3,(H,20,25);2-4,6-7,12,14,19,21H,5,8-11H2,1H3,(H,18,22);9-10,18H,5-8H2,1-4H3,(H,19,20);1-5H,6,8H2;1H3;1H/t15-,17+,22?;15-,17+,21?;13-,16+,19?;12-,14+,17?;9-,10+,15?;;;/m11111.../s1. The van der Waals surface area contributed by atoms with Gasteiger partial charge < -0.3 is 107 Å². The molecule has 0 radical (unpaired) electrons. The smallest absolute Gasteiger partial charge is 0.446 e. The van der Waals surface area contributed by atoms with Crippen molar-refractivity contribution in [3.8, 4) is 0 Å². The van der Waals surface area contributed by atoms with Crippen LogP contribution in [0.2, 0.25) is 0 Å². The molecule has 10 fully saturated rings. The van der Waals surface area contributed by atoms with Crippen LogP contribution in [-0.4, -0.2) is 341 Å². The Hall–Kier alpha value is -12.6. The number of benzene rings is 5. The van der Waals surface area contributed by atoms with E-state index in [1.807, 2.05) is 166 Å². The molecule has 5 unspecified atom stereocenters. The second kappa shape index (κ2) is 52.5. The van der Waals surface area contributed by atoms with Crippen LogP contribution in [0.5, 0.6) is 0 Å². The highest BCUT2D eigenvalue weighted by atomic mass is 35.5. The van der Waals surface area contributed by atoms with Crippen molar-refractivity contribution in [3.63, 3.8) is 0 Å². The lowest BCUT2D eigenvalue weighted by atomic mass is 9.82. The number of hydrogen-bond acceptors (Lipinski definition) is 25. The Kier molecular flexibility index (Phi) is 42.8. The zero-order valence-corrected chi connectivity index (χ0v) is 87.4. The van der Waals surface area contributed by atoms with Gasteiger partial charge in [-0.1, -0.05) is 166 Å². The van der Waals surface area contributed by atoms with Crippen molar-refractivity contribution in [1.82, 2.24) is 70.7 Å². The zero-order valence-electron chi connectivity index (χ0n) is 86.7. The van der Waals surface area contributed by atoms with Gasteiger partial charge in [0, 0.05) is 85.2 Å². The normalized spacial score (nSPS) is 22.8. The average Bonchev–Trinajstić information content (AvgIpc) is 1.49. The second-order valence-corrected chi connectivity index (χ2v) is 41.3. The molecule has 10 aliphatic heterocycles. The van der Waals surface area contributed by atoms with Crippen molar-refractivity contribution >= 4 is 106 Å². The van der Waals surface area contributed by atoms with Crippen LogP contribution in [0.3, 0.4) is 0 Å². The van der Waals surface area contributed by atoms with Gasteiger partial charge in [0.15, 0.2) is 6.04 Å². The molecule has 0 saturated carbocycles. The fourth-order valence-electron chi connectivity index (χ4n) is 19.8. The van der Waals surface area contributed by atoms with Crippen LogP contribution < -0.4 is 32.3 Å². The third kappa shape index (κ3) is 30.2. The number of nitrogens with two attached hydrogens (primary N) is 1. The van der Waals surface area contributed by atoms with E-state index in [0.717, 1.165) is 59.4 Å². The molecule has 5 aromatic carbocycles. The Balaban J connectivity index is 0.000000216. The van der Waals surface area contributed by atoms with Crippen LogP contribution >= 0.6 is 11.6 Å². The number of likely N-dealkylation sites (tertiary alicyclic amines) is 9. The van der Waals surface area contributed by atoms with Crippen molar-refractivity contribution in [2.24, 2.45) is 11.7 Å². The molecule has 13 N–H and O–H groups in total. The number of carbonyl (C=O) groups excluding carboxylic acids is 15. The molecule has 148 heavy (non-hydrogen) atoms. The number of β-lactam (4-membered cyclic amide) rings is 5. The highest BCUT2D eigenvalue weighted by Crippen LogP contribution is 2.46. The number of aliphatic carboxylic acids is 1. The molecular weight excluding hydrogens is 1950 g/mol. The van der Waals surface area contributed by atoms with E-state index in [1.54, 1.807) is 58.3 Å². The fourth-order valence-corrected chi connectivity index (χ4v) is 19.8. The maximum atomic E-state index is 13.2. The number of aliphatic hydroxyl groups is 5. The van der Waals surface area contributed by atoms with Gasteiger partial charge in [0.2, 0.25) is 52.9 Å². The van der Waals surface area contributed by atoms with Crippen LogP contribution in [-0.2, 0) is 109 Å². The minimum Gasteiger partial charge on any atom is -0.480 e. The fraction of sp³-hybridized carbons (Fsp3) is 0.562. The van der Waals surface area contributed by atoms with Crippen molar-refractivity contribution in [2.45, 2.75) is 307 Å². The molecule has 0 bridgehead atoms. The number of nitrogens with zero attached hydrogens (tertiary/aromatic N) is 9. The molecule has 0 aromatic heterocycles. The summed E-state index contributed by atoms with van der Waals surface area (Å²) in [5, 5.41) is 73.4. The van der Waals surface area contributed by atoms with E-state index >= 15 is 0 Å². The minimum atomic E-state index is -4.64. The second-order valence-electron chi connectivity index (χ2n) is 40.8. The number of alkyl halides is 3. The number of carbonyl (C=O) groups is 16. The molecule has 10 aliphatic rings. The Morgan fingerprint density at radius 1 is 0.405 bits per heavy atom. The third-order valence-electron chi connectivity index (χ3n) is 26.8. The van der Waals surface area contributed by atoms with Gasteiger partial charge in [0.1, 0.15) is 63.1 Å². The summed E-state index contributed by atoms with van der Waals surface area (Å²) in [6, 6.07) is 42.8. The first kappa shape index (κ1) is 121. The molecule has 13 amide bonds. The monoisotopic (exact) mass is 2090 g/mol. The largest absolute Gasteiger partial charge is 0.480 e. The molecule has 10 saturated heterocycles. The lowest BCUT2D eigenvalue weighted by molar-refractivity contribution is -0.177. The van der Waals surface area contributed by atoms with Crippen LogP contribution in [0.25, 0.3) is 0 Å². The van der Waals surface area contributed by atoms with E-state index in [2.05, 4.69) is 38.2 Å². The number of aliphatic hydroxyl groups excluding tert-OH is 5. The molecule has 15 rings (SSSR count). The lowest BCUT2D eigenvalue weighted by Gasteiger charge is -2.54. The minimum absolute atomic E-state index is 0.0346. The van der Waals surface area contributed by atoms with Gasteiger partial charge in [0.25, 0.3) is 23.6 Å². The number of amides is 13. The first-order valence-electron chi connectivity index (χ1n) is 49.7.